The Morgan fingerprint density at radius 3 is 2.71 bits per heavy atom. The summed E-state index contributed by atoms with van der Waals surface area (Å²) in [6.07, 6.45) is 0. The van der Waals surface area contributed by atoms with Crippen molar-refractivity contribution in [1.82, 2.24) is 0 Å². The Balaban J connectivity index is 3.20. The Bertz CT molecular complexity index is 363. The molecule has 76 valence electrons. The van der Waals surface area contributed by atoms with E-state index < -0.39 is 0 Å². The lowest BCUT2D eigenvalue weighted by Gasteiger charge is -2.08. The van der Waals surface area contributed by atoms with E-state index in [1.807, 2.05) is 6.92 Å². The molecule has 0 atom stereocenters. The summed E-state index contributed by atoms with van der Waals surface area (Å²) in [6.45, 7) is 3.97. The van der Waals surface area contributed by atoms with Gasteiger partial charge in [0.15, 0.2) is 5.78 Å². The second kappa shape index (κ2) is 4.98. The van der Waals surface area contributed by atoms with Gasteiger partial charge in [-0.15, -0.1) is 0 Å². The third kappa shape index (κ3) is 2.60. The van der Waals surface area contributed by atoms with Crippen LogP contribution in [0.25, 0.3) is 0 Å². The molecule has 0 heterocycles. The van der Waals surface area contributed by atoms with E-state index in [4.69, 9.17) is 16.3 Å². The Hall–Kier alpha value is -0.290. The third-order valence-corrected chi connectivity index (χ3v) is 2.86. The number of Topliss-reactive ketones (excluding diaryl/α,β-unsaturated/α-hetero) is 1. The van der Waals surface area contributed by atoms with Gasteiger partial charge in [0, 0.05) is 5.56 Å². The first kappa shape index (κ1) is 11.8. The number of rotatable bonds is 3. The third-order valence-electron chi connectivity index (χ3n) is 1.70. The average molecular weight is 325 g/mol. The van der Waals surface area contributed by atoms with Gasteiger partial charge in [0.05, 0.1) is 15.2 Å². The zero-order chi connectivity index (χ0) is 10.7. The molecule has 0 radical (unpaired) electrons. The van der Waals surface area contributed by atoms with Crippen LogP contribution in [0.4, 0.5) is 0 Å². The van der Waals surface area contributed by atoms with Crippen LogP contribution in [0.15, 0.2) is 12.1 Å². The SMILES string of the molecule is CCOc1cc(C(C)=O)c(Cl)cc1I. The monoisotopic (exact) mass is 324 g/mol. The van der Waals surface area contributed by atoms with Crippen LogP contribution in [0.1, 0.15) is 24.2 Å². The molecule has 2 nitrogen and oxygen atoms in total. The van der Waals surface area contributed by atoms with Crippen molar-refractivity contribution in [3.63, 3.8) is 0 Å². The predicted molar refractivity (Wildman–Crippen MR) is 65.3 cm³/mol. The first-order chi connectivity index (χ1) is 6.56. The molecule has 1 aromatic rings. The standard InChI is InChI=1S/C10H10ClIO2/c1-3-14-10-4-7(6(2)13)8(11)5-9(10)12/h4-5H,3H2,1-2H3. The number of carbonyl (C=O) groups is 1. The molecule has 0 fully saturated rings. The number of hydrogen-bond acceptors (Lipinski definition) is 2. The van der Waals surface area contributed by atoms with E-state index in [0.29, 0.717) is 22.9 Å². The van der Waals surface area contributed by atoms with Crippen molar-refractivity contribution in [2.45, 2.75) is 13.8 Å². The molecule has 0 aliphatic rings. The van der Waals surface area contributed by atoms with Gasteiger partial charge in [-0.2, -0.15) is 0 Å². The summed E-state index contributed by atoms with van der Waals surface area (Å²) < 4.78 is 6.28. The molecule has 0 aliphatic carbocycles. The van der Waals surface area contributed by atoms with Crippen molar-refractivity contribution >= 4 is 40.0 Å². The van der Waals surface area contributed by atoms with Crippen LogP contribution in [-0.4, -0.2) is 12.4 Å². The molecular weight excluding hydrogens is 314 g/mol. The fraction of sp³-hybridized carbons (Fsp3) is 0.300. The van der Waals surface area contributed by atoms with E-state index in [2.05, 4.69) is 22.6 Å². The zero-order valence-corrected chi connectivity index (χ0v) is 10.8. The lowest BCUT2D eigenvalue weighted by atomic mass is 10.1. The van der Waals surface area contributed by atoms with Gasteiger partial charge in [0.25, 0.3) is 0 Å². The van der Waals surface area contributed by atoms with E-state index in [-0.39, 0.29) is 5.78 Å². The summed E-state index contributed by atoms with van der Waals surface area (Å²) >= 11 is 8.04. The molecule has 0 aliphatic heterocycles. The first-order valence-corrected chi connectivity index (χ1v) is 5.64. The van der Waals surface area contributed by atoms with E-state index in [9.17, 15) is 4.79 Å². The van der Waals surface area contributed by atoms with E-state index in [0.717, 1.165) is 3.57 Å². The van der Waals surface area contributed by atoms with Gasteiger partial charge in [-0.1, -0.05) is 11.6 Å². The van der Waals surface area contributed by atoms with Gasteiger partial charge in [0.2, 0.25) is 0 Å². The van der Waals surface area contributed by atoms with E-state index >= 15 is 0 Å². The molecular formula is C10H10ClIO2. The van der Waals surface area contributed by atoms with Crippen LogP contribution in [0.5, 0.6) is 5.75 Å². The van der Waals surface area contributed by atoms with Gasteiger partial charge in [0.1, 0.15) is 5.75 Å². The number of ether oxygens (including phenoxy) is 1. The minimum atomic E-state index is -0.0487. The Labute approximate surface area is 102 Å². The van der Waals surface area contributed by atoms with Crippen molar-refractivity contribution in [2.24, 2.45) is 0 Å². The van der Waals surface area contributed by atoms with Crippen LogP contribution >= 0.6 is 34.2 Å². The summed E-state index contributed by atoms with van der Waals surface area (Å²) in [7, 11) is 0. The van der Waals surface area contributed by atoms with Crippen LogP contribution < -0.4 is 4.74 Å². The highest BCUT2D eigenvalue weighted by molar-refractivity contribution is 14.1. The Morgan fingerprint density at radius 2 is 2.21 bits per heavy atom. The molecule has 4 heteroatoms. The minimum Gasteiger partial charge on any atom is -0.493 e. The smallest absolute Gasteiger partial charge is 0.161 e. The minimum absolute atomic E-state index is 0.0487. The number of halogens is 2. The number of benzene rings is 1. The normalized spacial score (nSPS) is 10.0. The summed E-state index contributed by atoms with van der Waals surface area (Å²) in [6, 6.07) is 3.43. The molecule has 0 N–H and O–H groups in total. The quantitative estimate of drug-likeness (QED) is 0.628. The Morgan fingerprint density at radius 1 is 1.57 bits per heavy atom. The Kier molecular flexibility index (Phi) is 4.19. The largest absolute Gasteiger partial charge is 0.493 e. The van der Waals surface area contributed by atoms with Crippen LogP contribution in [-0.2, 0) is 0 Å². The second-order valence-corrected chi connectivity index (χ2v) is 4.32. The summed E-state index contributed by atoms with van der Waals surface area (Å²) in [5.74, 6) is 0.662. The molecule has 0 saturated carbocycles. The molecule has 0 spiro atoms. The maximum atomic E-state index is 11.2. The van der Waals surface area contributed by atoms with Crippen molar-refractivity contribution in [3.8, 4) is 5.75 Å². The van der Waals surface area contributed by atoms with Gasteiger partial charge in [-0.3, -0.25) is 4.79 Å². The van der Waals surface area contributed by atoms with Crippen LogP contribution in [0.2, 0.25) is 5.02 Å². The molecule has 0 saturated heterocycles. The van der Waals surface area contributed by atoms with Crippen molar-refractivity contribution in [3.05, 3.63) is 26.3 Å². The molecule has 14 heavy (non-hydrogen) atoms. The van der Waals surface area contributed by atoms with Gasteiger partial charge in [-0.25, -0.2) is 0 Å². The number of hydrogen-bond donors (Lipinski definition) is 0. The lowest BCUT2D eigenvalue weighted by Crippen LogP contribution is -1.99. The van der Waals surface area contributed by atoms with Crippen LogP contribution in [0.3, 0.4) is 0 Å². The summed E-state index contributed by atoms with van der Waals surface area (Å²) in [5.41, 5.74) is 0.510. The van der Waals surface area contributed by atoms with Gasteiger partial charge < -0.3 is 4.74 Å². The van der Waals surface area contributed by atoms with Gasteiger partial charge in [-0.05, 0) is 48.6 Å². The molecule has 0 aromatic heterocycles. The average Bonchev–Trinajstić information content (AvgIpc) is 2.09. The summed E-state index contributed by atoms with van der Waals surface area (Å²) in [4.78, 5) is 11.2. The van der Waals surface area contributed by atoms with Crippen molar-refractivity contribution in [2.75, 3.05) is 6.61 Å². The fourth-order valence-corrected chi connectivity index (χ4v) is 2.17. The number of carbonyl (C=O) groups excluding carboxylic acids is 1. The molecule has 0 bridgehead atoms. The maximum Gasteiger partial charge on any atom is 0.161 e. The highest BCUT2D eigenvalue weighted by Crippen LogP contribution is 2.28. The zero-order valence-electron chi connectivity index (χ0n) is 7.93. The summed E-state index contributed by atoms with van der Waals surface area (Å²) in [5, 5.41) is 0.477. The highest BCUT2D eigenvalue weighted by atomic mass is 127. The van der Waals surface area contributed by atoms with Crippen molar-refractivity contribution in [1.29, 1.82) is 0 Å². The van der Waals surface area contributed by atoms with Crippen molar-refractivity contribution < 1.29 is 9.53 Å². The fourth-order valence-electron chi connectivity index (χ4n) is 1.07. The lowest BCUT2D eigenvalue weighted by molar-refractivity contribution is 0.101. The number of ketones is 1. The molecule has 1 aromatic carbocycles. The molecule has 1 rings (SSSR count). The van der Waals surface area contributed by atoms with E-state index in [1.165, 1.54) is 6.92 Å². The van der Waals surface area contributed by atoms with E-state index in [1.54, 1.807) is 12.1 Å². The maximum absolute atomic E-state index is 11.2. The predicted octanol–water partition coefficient (Wildman–Crippen LogP) is 3.55. The first-order valence-electron chi connectivity index (χ1n) is 4.19. The molecule has 0 unspecified atom stereocenters. The highest BCUT2D eigenvalue weighted by Gasteiger charge is 2.10. The molecule has 0 amide bonds. The topological polar surface area (TPSA) is 26.3 Å². The van der Waals surface area contributed by atoms with Crippen LogP contribution in [0, 0.1) is 3.57 Å². The second-order valence-electron chi connectivity index (χ2n) is 2.75. The van der Waals surface area contributed by atoms with Gasteiger partial charge >= 0.3 is 0 Å².